The third kappa shape index (κ3) is 1.18. The highest BCUT2D eigenvalue weighted by Crippen LogP contribution is 2.43. The fraction of sp³-hybridized carbons (Fsp3) is 0.909. The van der Waals surface area contributed by atoms with Gasteiger partial charge in [0.15, 0.2) is 0 Å². The molecule has 14 heavy (non-hydrogen) atoms. The van der Waals surface area contributed by atoms with E-state index in [9.17, 15) is 4.79 Å². The number of carbonyl (C=O) groups is 1. The molecule has 3 rings (SSSR count). The SMILES string of the molecule is O=C1N(C2CC2)CCC12CCNCC2. The van der Waals surface area contributed by atoms with Crippen molar-refractivity contribution in [1.82, 2.24) is 10.2 Å². The molecule has 1 spiro atoms. The van der Waals surface area contributed by atoms with Gasteiger partial charge in [-0.15, -0.1) is 0 Å². The summed E-state index contributed by atoms with van der Waals surface area (Å²) in [6.07, 6.45) is 5.74. The minimum Gasteiger partial charge on any atom is -0.339 e. The van der Waals surface area contributed by atoms with Gasteiger partial charge in [0.05, 0.1) is 5.41 Å². The molecule has 3 nitrogen and oxygen atoms in total. The number of nitrogens with zero attached hydrogens (tertiary/aromatic N) is 1. The van der Waals surface area contributed by atoms with Crippen molar-refractivity contribution < 1.29 is 4.79 Å². The van der Waals surface area contributed by atoms with Gasteiger partial charge >= 0.3 is 0 Å². The number of likely N-dealkylation sites (tertiary alicyclic amines) is 1. The molecule has 1 aliphatic carbocycles. The second-order valence-electron chi connectivity index (χ2n) is 5.01. The standard InChI is InChI=1S/C11H18N2O/c14-10-11(3-6-12-7-4-11)5-8-13(10)9-1-2-9/h9,12H,1-8H2. The zero-order chi connectivity index (χ0) is 9.60. The Bertz CT molecular complexity index is 254. The fourth-order valence-corrected chi connectivity index (χ4v) is 2.95. The fourth-order valence-electron chi connectivity index (χ4n) is 2.95. The van der Waals surface area contributed by atoms with E-state index in [0.29, 0.717) is 11.9 Å². The highest BCUT2D eigenvalue weighted by atomic mass is 16.2. The Morgan fingerprint density at radius 3 is 2.57 bits per heavy atom. The summed E-state index contributed by atoms with van der Waals surface area (Å²) in [5, 5.41) is 3.35. The van der Waals surface area contributed by atoms with Crippen molar-refractivity contribution in [3.8, 4) is 0 Å². The van der Waals surface area contributed by atoms with Crippen molar-refractivity contribution in [2.24, 2.45) is 5.41 Å². The molecule has 0 aromatic rings. The molecule has 2 aliphatic heterocycles. The molecular weight excluding hydrogens is 176 g/mol. The minimum absolute atomic E-state index is 0.0494. The van der Waals surface area contributed by atoms with E-state index in [1.54, 1.807) is 0 Å². The summed E-state index contributed by atoms with van der Waals surface area (Å²) in [5.74, 6) is 0.474. The zero-order valence-electron chi connectivity index (χ0n) is 8.59. The molecule has 1 N–H and O–H groups in total. The first-order chi connectivity index (χ1) is 6.82. The van der Waals surface area contributed by atoms with Crippen molar-refractivity contribution >= 4 is 5.91 Å². The van der Waals surface area contributed by atoms with Crippen molar-refractivity contribution in [3.63, 3.8) is 0 Å². The summed E-state index contributed by atoms with van der Waals surface area (Å²) >= 11 is 0. The second kappa shape index (κ2) is 2.96. The minimum atomic E-state index is 0.0494. The van der Waals surface area contributed by atoms with Crippen LogP contribution in [0.1, 0.15) is 32.1 Å². The maximum absolute atomic E-state index is 12.3. The van der Waals surface area contributed by atoms with E-state index < -0.39 is 0 Å². The van der Waals surface area contributed by atoms with Crippen LogP contribution in [0.5, 0.6) is 0 Å². The van der Waals surface area contributed by atoms with Crippen LogP contribution in [0, 0.1) is 5.41 Å². The first-order valence-electron chi connectivity index (χ1n) is 5.84. The summed E-state index contributed by atoms with van der Waals surface area (Å²) in [6.45, 7) is 3.10. The van der Waals surface area contributed by atoms with Gasteiger partial charge in [-0.25, -0.2) is 0 Å². The lowest BCUT2D eigenvalue weighted by atomic mass is 9.78. The molecular formula is C11H18N2O. The van der Waals surface area contributed by atoms with Gasteiger partial charge in [-0.05, 0) is 45.2 Å². The molecule has 0 aromatic carbocycles. The van der Waals surface area contributed by atoms with E-state index >= 15 is 0 Å². The molecule has 0 aromatic heterocycles. The van der Waals surface area contributed by atoms with Crippen LogP contribution in [0.2, 0.25) is 0 Å². The predicted octanol–water partition coefficient (Wildman–Crippen LogP) is 0.751. The van der Waals surface area contributed by atoms with Crippen molar-refractivity contribution in [2.45, 2.75) is 38.1 Å². The summed E-state index contributed by atoms with van der Waals surface area (Å²) in [6, 6.07) is 0.622. The molecule has 1 saturated carbocycles. The molecule has 2 saturated heterocycles. The molecule has 0 bridgehead atoms. The van der Waals surface area contributed by atoms with E-state index in [-0.39, 0.29) is 5.41 Å². The van der Waals surface area contributed by atoms with Crippen LogP contribution >= 0.6 is 0 Å². The summed E-state index contributed by atoms with van der Waals surface area (Å²) in [7, 11) is 0. The Hall–Kier alpha value is -0.570. The van der Waals surface area contributed by atoms with E-state index in [2.05, 4.69) is 10.2 Å². The number of piperidine rings is 1. The van der Waals surface area contributed by atoms with Gasteiger partial charge in [-0.1, -0.05) is 0 Å². The normalized spacial score (nSPS) is 31.4. The van der Waals surface area contributed by atoms with Crippen LogP contribution < -0.4 is 5.32 Å². The molecule has 3 aliphatic rings. The van der Waals surface area contributed by atoms with Gasteiger partial charge in [0.2, 0.25) is 5.91 Å². The highest BCUT2D eigenvalue weighted by molar-refractivity contribution is 5.85. The molecule has 3 heteroatoms. The Morgan fingerprint density at radius 1 is 1.21 bits per heavy atom. The number of carbonyl (C=O) groups excluding carboxylic acids is 1. The highest BCUT2D eigenvalue weighted by Gasteiger charge is 2.50. The Kier molecular flexibility index (Phi) is 1.84. The molecule has 0 radical (unpaired) electrons. The van der Waals surface area contributed by atoms with Crippen LogP contribution in [0.15, 0.2) is 0 Å². The number of hydrogen-bond donors (Lipinski definition) is 1. The van der Waals surface area contributed by atoms with Crippen molar-refractivity contribution in [3.05, 3.63) is 0 Å². The average molecular weight is 194 g/mol. The van der Waals surface area contributed by atoms with E-state index in [4.69, 9.17) is 0 Å². The molecule has 0 unspecified atom stereocenters. The topological polar surface area (TPSA) is 32.3 Å². The lowest BCUT2D eigenvalue weighted by molar-refractivity contribution is -0.137. The third-order valence-electron chi connectivity index (χ3n) is 4.09. The quantitative estimate of drug-likeness (QED) is 0.668. The number of rotatable bonds is 1. The number of hydrogen-bond acceptors (Lipinski definition) is 2. The van der Waals surface area contributed by atoms with Crippen molar-refractivity contribution in [2.75, 3.05) is 19.6 Å². The third-order valence-corrected chi connectivity index (χ3v) is 4.09. The smallest absolute Gasteiger partial charge is 0.229 e. The Morgan fingerprint density at radius 2 is 1.93 bits per heavy atom. The van der Waals surface area contributed by atoms with Gasteiger partial charge in [-0.2, -0.15) is 0 Å². The summed E-state index contributed by atoms with van der Waals surface area (Å²) < 4.78 is 0. The van der Waals surface area contributed by atoms with Crippen LogP contribution in [-0.4, -0.2) is 36.5 Å². The monoisotopic (exact) mass is 194 g/mol. The number of amides is 1. The summed E-state index contributed by atoms with van der Waals surface area (Å²) in [4.78, 5) is 14.4. The van der Waals surface area contributed by atoms with Crippen LogP contribution in [0.3, 0.4) is 0 Å². The average Bonchev–Trinajstić information content (AvgIpc) is 3.00. The maximum Gasteiger partial charge on any atom is 0.229 e. The molecule has 2 heterocycles. The second-order valence-corrected chi connectivity index (χ2v) is 5.01. The zero-order valence-corrected chi connectivity index (χ0v) is 8.59. The lowest BCUT2D eigenvalue weighted by Gasteiger charge is -2.32. The summed E-state index contributed by atoms with van der Waals surface area (Å²) in [5.41, 5.74) is 0.0494. The predicted molar refractivity (Wildman–Crippen MR) is 53.9 cm³/mol. The number of nitrogens with one attached hydrogen (secondary N) is 1. The van der Waals surface area contributed by atoms with Gasteiger partial charge in [0, 0.05) is 12.6 Å². The lowest BCUT2D eigenvalue weighted by Crippen LogP contribution is -2.43. The van der Waals surface area contributed by atoms with E-state index in [1.165, 1.54) is 12.8 Å². The Balaban J connectivity index is 1.77. The van der Waals surface area contributed by atoms with Gasteiger partial charge in [0.1, 0.15) is 0 Å². The first kappa shape index (κ1) is 8.72. The van der Waals surface area contributed by atoms with Gasteiger partial charge in [0.25, 0.3) is 0 Å². The van der Waals surface area contributed by atoms with E-state index in [0.717, 1.165) is 38.9 Å². The maximum atomic E-state index is 12.3. The molecule has 3 fully saturated rings. The van der Waals surface area contributed by atoms with Crippen molar-refractivity contribution in [1.29, 1.82) is 0 Å². The Labute approximate surface area is 84.8 Å². The van der Waals surface area contributed by atoms with Crippen LogP contribution in [-0.2, 0) is 4.79 Å². The first-order valence-corrected chi connectivity index (χ1v) is 5.84. The van der Waals surface area contributed by atoms with Crippen LogP contribution in [0.4, 0.5) is 0 Å². The van der Waals surface area contributed by atoms with Gasteiger partial charge < -0.3 is 10.2 Å². The molecule has 0 atom stereocenters. The molecule has 1 amide bonds. The molecule has 78 valence electrons. The van der Waals surface area contributed by atoms with Crippen LogP contribution in [0.25, 0.3) is 0 Å². The largest absolute Gasteiger partial charge is 0.339 e. The van der Waals surface area contributed by atoms with Gasteiger partial charge in [-0.3, -0.25) is 4.79 Å². The van der Waals surface area contributed by atoms with E-state index in [1.807, 2.05) is 0 Å².